The van der Waals surface area contributed by atoms with Crippen LogP contribution in [0.4, 0.5) is 0 Å². The fourth-order valence-corrected chi connectivity index (χ4v) is 0.720. The average molecular weight is 124 g/mol. The SMILES string of the molecule is Cc1cccc[n+]1CO. The normalized spacial score (nSPS) is 9.56. The van der Waals surface area contributed by atoms with Crippen molar-refractivity contribution in [1.82, 2.24) is 0 Å². The number of rotatable bonds is 1. The van der Waals surface area contributed by atoms with Gasteiger partial charge in [-0.3, -0.25) is 0 Å². The van der Waals surface area contributed by atoms with Crippen LogP contribution >= 0.6 is 0 Å². The molecule has 0 fully saturated rings. The average Bonchev–Trinajstić information content (AvgIpc) is 1.89. The molecule has 1 aromatic rings. The largest absolute Gasteiger partial charge is 0.339 e. The van der Waals surface area contributed by atoms with E-state index in [2.05, 4.69) is 0 Å². The minimum atomic E-state index is 0.0622. The van der Waals surface area contributed by atoms with Crippen molar-refractivity contribution in [1.29, 1.82) is 0 Å². The Hall–Kier alpha value is -0.890. The first kappa shape index (κ1) is 6.23. The van der Waals surface area contributed by atoms with Gasteiger partial charge in [-0.05, 0) is 0 Å². The second-order valence-corrected chi connectivity index (χ2v) is 1.95. The van der Waals surface area contributed by atoms with Gasteiger partial charge in [-0.15, -0.1) is 0 Å². The standard InChI is InChI=1S/C7H10NO/c1-7-4-2-3-5-8(7)6-9/h2-5,9H,6H2,1H3/q+1. The third-order valence-corrected chi connectivity index (χ3v) is 1.32. The molecule has 2 nitrogen and oxygen atoms in total. The van der Waals surface area contributed by atoms with Gasteiger partial charge >= 0.3 is 0 Å². The Labute approximate surface area is 54.4 Å². The highest BCUT2D eigenvalue weighted by Crippen LogP contribution is 1.85. The lowest BCUT2D eigenvalue weighted by molar-refractivity contribution is -0.735. The summed E-state index contributed by atoms with van der Waals surface area (Å²) in [6.45, 7) is 2.02. The summed E-state index contributed by atoms with van der Waals surface area (Å²) in [7, 11) is 0. The van der Waals surface area contributed by atoms with Crippen LogP contribution in [-0.4, -0.2) is 5.11 Å². The number of aromatic nitrogens is 1. The predicted molar refractivity (Wildman–Crippen MR) is 33.6 cm³/mol. The van der Waals surface area contributed by atoms with Crippen LogP contribution in [0.1, 0.15) is 5.69 Å². The molecule has 1 rings (SSSR count). The molecule has 0 aliphatic carbocycles. The van der Waals surface area contributed by atoms with Crippen molar-refractivity contribution in [3.05, 3.63) is 30.1 Å². The van der Waals surface area contributed by atoms with Gasteiger partial charge < -0.3 is 5.11 Å². The van der Waals surface area contributed by atoms with Gasteiger partial charge in [-0.25, -0.2) is 0 Å². The zero-order valence-electron chi connectivity index (χ0n) is 5.41. The first-order chi connectivity index (χ1) is 4.34. The lowest BCUT2D eigenvalue weighted by Crippen LogP contribution is -2.35. The van der Waals surface area contributed by atoms with Crippen LogP contribution in [0.5, 0.6) is 0 Å². The van der Waals surface area contributed by atoms with Crippen LogP contribution in [0.2, 0.25) is 0 Å². The molecule has 0 aliphatic rings. The maximum atomic E-state index is 8.68. The van der Waals surface area contributed by atoms with Crippen molar-refractivity contribution in [2.45, 2.75) is 13.7 Å². The van der Waals surface area contributed by atoms with E-state index in [1.807, 2.05) is 31.3 Å². The lowest BCUT2D eigenvalue weighted by atomic mass is 10.4. The van der Waals surface area contributed by atoms with Gasteiger partial charge in [-0.2, -0.15) is 4.57 Å². The number of nitrogens with zero attached hydrogens (tertiary/aromatic N) is 1. The molecule has 0 amide bonds. The van der Waals surface area contributed by atoms with Crippen LogP contribution in [0.25, 0.3) is 0 Å². The molecule has 0 unspecified atom stereocenters. The molecule has 0 radical (unpaired) electrons. The molecule has 1 N–H and O–H groups in total. The summed E-state index contributed by atoms with van der Waals surface area (Å²) < 4.78 is 1.76. The monoisotopic (exact) mass is 124 g/mol. The van der Waals surface area contributed by atoms with Gasteiger partial charge in [0, 0.05) is 19.1 Å². The van der Waals surface area contributed by atoms with Gasteiger partial charge in [0.05, 0.1) is 0 Å². The summed E-state index contributed by atoms with van der Waals surface area (Å²) in [5, 5.41) is 8.68. The number of hydrogen-bond acceptors (Lipinski definition) is 1. The molecule has 0 aromatic carbocycles. The molecular formula is C7H10NO+. The third kappa shape index (κ3) is 1.27. The summed E-state index contributed by atoms with van der Waals surface area (Å²) in [4.78, 5) is 0. The highest BCUT2D eigenvalue weighted by atomic mass is 16.3. The fourth-order valence-electron chi connectivity index (χ4n) is 0.720. The molecule has 48 valence electrons. The third-order valence-electron chi connectivity index (χ3n) is 1.32. The van der Waals surface area contributed by atoms with E-state index in [4.69, 9.17) is 5.11 Å². The number of aliphatic hydroxyl groups is 1. The Bertz CT molecular complexity index is 198. The highest BCUT2D eigenvalue weighted by molar-refractivity contribution is 4.93. The summed E-state index contributed by atoms with van der Waals surface area (Å²) in [6.07, 6.45) is 1.84. The van der Waals surface area contributed by atoms with E-state index in [0.29, 0.717) is 0 Å². The number of pyridine rings is 1. The van der Waals surface area contributed by atoms with Crippen LogP contribution < -0.4 is 4.57 Å². The second-order valence-electron chi connectivity index (χ2n) is 1.95. The molecule has 0 spiro atoms. The summed E-state index contributed by atoms with van der Waals surface area (Å²) in [5.41, 5.74) is 1.07. The van der Waals surface area contributed by atoms with Gasteiger partial charge in [-0.1, -0.05) is 6.07 Å². The topological polar surface area (TPSA) is 24.1 Å². The second kappa shape index (κ2) is 2.60. The molecule has 0 bridgehead atoms. The zero-order valence-corrected chi connectivity index (χ0v) is 5.41. The van der Waals surface area contributed by atoms with E-state index < -0.39 is 0 Å². The molecule has 1 heterocycles. The van der Waals surface area contributed by atoms with Crippen molar-refractivity contribution in [3.63, 3.8) is 0 Å². The Morgan fingerprint density at radius 2 is 2.33 bits per heavy atom. The Morgan fingerprint density at radius 3 is 2.78 bits per heavy atom. The molecule has 0 saturated heterocycles. The Balaban J connectivity index is 3.01. The summed E-state index contributed by atoms with van der Waals surface area (Å²) >= 11 is 0. The molecule has 2 heteroatoms. The molecule has 0 aliphatic heterocycles. The van der Waals surface area contributed by atoms with E-state index >= 15 is 0 Å². The Morgan fingerprint density at radius 1 is 1.56 bits per heavy atom. The van der Waals surface area contributed by atoms with Crippen molar-refractivity contribution in [3.8, 4) is 0 Å². The van der Waals surface area contributed by atoms with Gasteiger partial charge in [0.15, 0.2) is 11.9 Å². The summed E-state index contributed by atoms with van der Waals surface area (Å²) in [6, 6.07) is 5.79. The first-order valence-electron chi connectivity index (χ1n) is 2.90. The lowest BCUT2D eigenvalue weighted by Gasteiger charge is -1.91. The molecule has 1 aromatic heterocycles. The summed E-state index contributed by atoms with van der Waals surface area (Å²) in [5.74, 6) is 0. The molecule has 0 atom stereocenters. The minimum Gasteiger partial charge on any atom is -0.339 e. The van der Waals surface area contributed by atoms with Crippen LogP contribution in [0, 0.1) is 6.92 Å². The Kier molecular flexibility index (Phi) is 1.80. The van der Waals surface area contributed by atoms with Crippen LogP contribution in [0.15, 0.2) is 24.4 Å². The van der Waals surface area contributed by atoms with E-state index in [1.54, 1.807) is 4.57 Å². The smallest absolute Gasteiger partial charge is 0.250 e. The van der Waals surface area contributed by atoms with E-state index in [1.165, 1.54) is 0 Å². The van der Waals surface area contributed by atoms with Crippen LogP contribution in [0.3, 0.4) is 0 Å². The van der Waals surface area contributed by atoms with Crippen molar-refractivity contribution >= 4 is 0 Å². The predicted octanol–water partition coefficient (Wildman–Crippen LogP) is 0.232. The quantitative estimate of drug-likeness (QED) is 0.532. The van der Waals surface area contributed by atoms with Gasteiger partial charge in [0.2, 0.25) is 6.73 Å². The van der Waals surface area contributed by atoms with Gasteiger partial charge in [0.25, 0.3) is 0 Å². The van der Waals surface area contributed by atoms with Crippen LogP contribution in [-0.2, 0) is 6.73 Å². The van der Waals surface area contributed by atoms with E-state index in [-0.39, 0.29) is 6.73 Å². The van der Waals surface area contributed by atoms with Crippen molar-refractivity contribution in [2.24, 2.45) is 0 Å². The fraction of sp³-hybridized carbons (Fsp3) is 0.286. The van der Waals surface area contributed by atoms with Crippen molar-refractivity contribution in [2.75, 3.05) is 0 Å². The number of aryl methyl sites for hydroxylation is 1. The zero-order chi connectivity index (χ0) is 6.69. The highest BCUT2D eigenvalue weighted by Gasteiger charge is 1.98. The maximum Gasteiger partial charge on any atom is 0.250 e. The molecule has 9 heavy (non-hydrogen) atoms. The van der Waals surface area contributed by atoms with E-state index in [0.717, 1.165) is 5.69 Å². The first-order valence-corrected chi connectivity index (χ1v) is 2.90. The molecular weight excluding hydrogens is 114 g/mol. The minimum absolute atomic E-state index is 0.0622. The van der Waals surface area contributed by atoms with Crippen molar-refractivity contribution < 1.29 is 9.67 Å². The molecule has 0 saturated carbocycles. The maximum absolute atomic E-state index is 8.68. The number of aliphatic hydroxyl groups excluding tert-OH is 1. The number of hydrogen-bond donors (Lipinski definition) is 1. The van der Waals surface area contributed by atoms with Gasteiger partial charge in [0.1, 0.15) is 0 Å². The van der Waals surface area contributed by atoms with E-state index in [9.17, 15) is 0 Å².